The van der Waals surface area contributed by atoms with Crippen LogP contribution in [0.4, 0.5) is 4.79 Å². The number of fused-ring (bicyclic) bond motifs is 1. The molecule has 10 nitrogen and oxygen atoms in total. The van der Waals surface area contributed by atoms with E-state index in [0.29, 0.717) is 5.69 Å². The van der Waals surface area contributed by atoms with Gasteiger partial charge < -0.3 is 29.6 Å². The Morgan fingerprint density at radius 2 is 1.84 bits per heavy atom. The topological polar surface area (TPSA) is 119 Å². The van der Waals surface area contributed by atoms with Crippen molar-refractivity contribution in [2.75, 3.05) is 20.3 Å². The molecule has 2 heterocycles. The number of amides is 3. The molecule has 0 radical (unpaired) electrons. The van der Waals surface area contributed by atoms with Crippen molar-refractivity contribution >= 4 is 40.9 Å². The molecule has 3 rings (SSSR count). The number of likely N-dealkylation sites (tertiary alicyclic amines) is 1. The van der Waals surface area contributed by atoms with Crippen LogP contribution < -0.4 is 10.6 Å². The van der Waals surface area contributed by atoms with E-state index in [-0.39, 0.29) is 30.9 Å². The zero-order valence-electron chi connectivity index (χ0n) is 26.5. The zero-order chi connectivity index (χ0) is 32.1. The van der Waals surface area contributed by atoms with E-state index in [1.54, 1.807) is 16.7 Å². The summed E-state index contributed by atoms with van der Waals surface area (Å²) >= 11 is 0. The lowest BCUT2D eigenvalue weighted by Gasteiger charge is -2.35. The number of nitrogens with one attached hydrogen (secondary N) is 2. The van der Waals surface area contributed by atoms with Crippen molar-refractivity contribution in [3.8, 4) is 0 Å². The first-order valence-electron chi connectivity index (χ1n) is 14.6. The molecule has 0 spiro atoms. The van der Waals surface area contributed by atoms with Crippen LogP contribution in [-0.2, 0) is 26.1 Å². The molecule has 1 aromatic heterocycles. The van der Waals surface area contributed by atoms with Crippen LogP contribution in [0.15, 0.2) is 43.5 Å². The Bertz CT molecular complexity index is 1390. The van der Waals surface area contributed by atoms with E-state index in [1.807, 2.05) is 65.9 Å². The summed E-state index contributed by atoms with van der Waals surface area (Å²) in [5.74, 6) is -1.38. The fourth-order valence-corrected chi connectivity index (χ4v) is 5.38. The molecule has 1 fully saturated rings. The number of hydrogen-bond donors (Lipinski definition) is 2. The number of hydrogen-bond acceptors (Lipinski definition) is 6. The number of carbonyl (C=O) groups excluding carboxylic acids is 4. The molecule has 1 aliphatic rings. The first kappa shape index (κ1) is 33.4. The Labute approximate surface area is 254 Å². The maximum atomic E-state index is 14.0. The van der Waals surface area contributed by atoms with Gasteiger partial charge in [-0.25, -0.2) is 9.59 Å². The predicted octanol–water partition coefficient (Wildman–Crippen LogP) is 4.83. The minimum absolute atomic E-state index is 0.0735. The highest BCUT2D eigenvalue weighted by Crippen LogP contribution is 2.28. The van der Waals surface area contributed by atoms with E-state index in [0.717, 1.165) is 29.3 Å². The van der Waals surface area contributed by atoms with Crippen LogP contribution >= 0.6 is 0 Å². The average molecular weight is 595 g/mol. The van der Waals surface area contributed by atoms with Gasteiger partial charge in [-0.05, 0) is 41.4 Å². The Balaban J connectivity index is 1.78. The van der Waals surface area contributed by atoms with E-state index in [1.165, 1.54) is 12.0 Å². The number of nitrogens with zero attached hydrogens (tertiary/aromatic N) is 2. The highest BCUT2D eigenvalue weighted by Gasteiger charge is 2.46. The molecule has 234 valence electrons. The molecule has 1 unspecified atom stereocenters. The highest BCUT2D eigenvalue weighted by atomic mass is 16.5. The number of alkyl carbamates (subject to hydrolysis) is 1. The molecule has 1 saturated heterocycles. The molecule has 3 atom stereocenters. The van der Waals surface area contributed by atoms with Gasteiger partial charge in [-0.15, -0.1) is 6.58 Å². The lowest BCUT2D eigenvalue weighted by molar-refractivity contribution is -0.152. The zero-order valence-corrected chi connectivity index (χ0v) is 26.5. The standard InChI is InChI=1S/C33H46N4O6/c1-10-12-16-33(6,7)20-43-31(41)35-27(32(3,4)5)29(39)37-19-22(17-26(37)30(40)42-9)34-28(38)25-18-23-21(11-2)14-13-15-24(23)36(25)8/h10-11,13-15,18,22,26-27H,1-2,12,16-17,19-20H2,3-9H3,(H,34,38)(H,35,41)/t22?,26-,27+/m0/s1. The molecule has 43 heavy (non-hydrogen) atoms. The molecule has 3 amide bonds. The molecule has 2 aromatic rings. The Hall–Kier alpha value is -4.08. The Morgan fingerprint density at radius 3 is 2.44 bits per heavy atom. The molecule has 0 bridgehead atoms. The number of allylic oxidation sites excluding steroid dienone is 1. The van der Waals surface area contributed by atoms with Gasteiger partial charge in [0.05, 0.1) is 13.7 Å². The van der Waals surface area contributed by atoms with Gasteiger partial charge in [0.1, 0.15) is 17.8 Å². The second-order valence-electron chi connectivity index (χ2n) is 13.0. The lowest BCUT2D eigenvalue weighted by Crippen LogP contribution is -2.57. The number of aryl methyl sites for hydroxylation is 1. The smallest absolute Gasteiger partial charge is 0.407 e. The quantitative estimate of drug-likeness (QED) is 0.284. The summed E-state index contributed by atoms with van der Waals surface area (Å²) in [6, 6.07) is 5.13. The van der Waals surface area contributed by atoms with Crippen LogP contribution in [0.3, 0.4) is 0 Å². The Morgan fingerprint density at radius 1 is 1.14 bits per heavy atom. The Kier molecular flexibility index (Phi) is 10.5. The third-order valence-corrected chi connectivity index (χ3v) is 7.96. The maximum Gasteiger partial charge on any atom is 0.407 e. The van der Waals surface area contributed by atoms with E-state index in [2.05, 4.69) is 23.8 Å². The SMILES string of the molecule is C=CCCC(C)(C)COC(=O)N[C@H](C(=O)N1CC(NC(=O)c2cc3c(C=C)cccc3n2C)C[C@H]1C(=O)OC)C(C)(C)C. The normalized spacial score (nSPS) is 17.7. The summed E-state index contributed by atoms with van der Waals surface area (Å²) in [4.78, 5) is 54.4. The van der Waals surface area contributed by atoms with E-state index in [9.17, 15) is 19.2 Å². The predicted molar refractivity (Wildman–Crippen MR) is 167 cm³/mol. The van der Waals surface area contributed by atoms with Crippen LogP contribution in [-0.4, -0.2) is 71.7 Å². The number of rotatable bonds is 11. The summed E-state index contributed by atoms with van der Waals surface area (Å²) in [6.45, 7) is 17.3. The van der Waals surface area contributed by atoms with Gasteiger partial charge in [0.25, 0.3) is 5.91 Å². The van der Waals surface area contributed by atoms with E-state index in [4.69, 9.17) is 9.47 Å². The van der Waals surface area contributed by atoms with Crippen molar-refractivity contribution in [1.82, 2.24) is 20.1 Å². The molecule has 1 aromatic carbocycles. The first-order chi connectivity index (χ1) is 20.1. The first-order valence-corrected chi connectivity index (χ1v) is 14.6. The van der Waals surface area contributed by atoms with Crippen LogP contribution in [0.25, 0.3) is 17.0 Å². The molecule has 0 saturated carbocycles. The number of carbonyl (C=O) groups is 4. The lowest BCUT2D eigenvalue weighted by atomic mass is 9.85. The van der Waals surface area contributed by atoms with Crippen molar-refractivity contribution in [1.29, 1.82) is 0 Å². The van der Waals surface area contributed by atoms with Gasteiger partial charge in [0, 0.05) is 37.0 Å². The van der Waals surface area contributed by atoms with Crippen molar-refractivity contribution in [2.24, 2.45) is 17.9 Å². The van der Waals surface area contributed by atoms with Crippen LogP contribution in [0.5, 0.6) is 0 Å². The maximum absolute atomic E-state index is 14.0. The molecule has 2 N–H and O–H groups in total. The number of ether oxygens (including phenoxy) is 2. The third-order valence-electron chi connectivity index (χ3n) is 7.96. The van der Waals surface area contributed by atoms with E-state index >= 15 is 0 Å². The summed E-state index contributed by atoms with van der Waals surface area (Å²) < 4.78 is 12.3. The minimum Gasteiger partial charge on any atom is -0.467 e. The van der Waals surface area contributed by atoms with Crippen LogP contribution in [0, 0.1) is 10.8 Å². The minimum atomic E-state index is -0.992. The van der Waals surface area contributed by atoms with Gasteiger partial charge in [-0.2, -0.15) is 0 Å². The average Bonchev–Trinajstić information content (AvgIpc) is 3.53. The number of benzene rings is 1. The molecule has 0 aliphatic carbocycles. The second-order valence-corrected chi connectivity index (χ2v) is 13.0. The number of esters is 1. The summed E-state index contributed by atoms with van der Waals surface area (Å²) in [6.07, 6.45) is 4.60. The summed E-state index contributed by atoms with van der Waals surface area (Å²) in [5, 5.41) is 6.62. The third kappa shape index (κ3) is 7.86. The van der Waals surface area contributed by atoms with Gasteiger partial charge >= 0.3 is 12.1 Å². The van der Waals surface area contributed by atoms with Crippen LogP contribution in [0.1, 0.15) is 69.9 Å². The molecular formula is C33H46N4O6. The number of methoxy groups -OCH3 is 1. The van der Waals surface area contributed by atoms with Crippen molar-refractivity contribution in [3.05, 3.63) is 54.8 Å². The molecule has 1 aliphatic heterocycles. The van der Waals surface area contributed by atoms with Gasteiger partial charge in [-0.3, -0.25) is 9.59 Å². The second kappa shape index (κ2) is 13.5. The summed E-state index contributed by atoms with van der Waals surface area (Å²) in [5.41, 5.74) is 1.27. The van der Waals surface area contributed by atoms with E-state index < -0.39 is 41.5 Å². The largest absolute Gasteiger partial charge is 0.467 e. The van der Waals surface area contributed by atoms with Crippen molar-refractivity contribution in [2.45, 2.75) is 72.0 Å². The monoisotopic (exact) mass is 594 g/mol. The van der Waals surface area contributed by atoms with Crippen LogP contribution in [0.2, 0.25) is 0 Å². The van der Waals surface area contributed by atoms with Gasteiger partial charge in [-0.1, -0.05) is 65.5 Å². The fourth-order valence-electron chi connectivity index (χ4n) is 5.38. The molecule has 10 heteroatoms. The highest BCUT2D eigenvalue weighted by molar-refractivity contribution is 6.01. The number of aromatic nitrogens is 1. The van der Waals surface area contributed by atoms with Crippen molar-refractivity contribution in [3.63, 3.8) is 0 Å². The van der Waals surface area contributed by atoms with Crippen molar-refractivity contribution < 1.29 is 28.7 Å². The molecular weight excluding hydrogens is 548 g/mol. The summed E-state index contributed by atoms with van der Waals surface area (Å²) in [7, 11) is 3.07. The van der Waals surface area contributed by atoms with Gasteiger partial charge in [0.2, 0.25) is 5.91 Å². The van der Waals surface area contributed by atoms with Gasteiger partial charge in [0.15, 0.2) is 0 Å². The fraction of sp³-hybridized carbons (Fsp3) is 0.515.